The molecular formula is C52H36N2. The van der Waals surface area contributed by atoms with Gasteiger partial charge < -0.3 is 9.47 Å². The topological polar surface area (TPSA) is 8.17 Å². The average Bonchev–Trinajstić information content (AvgIpc) is 3.59. The Balaban J connectivity index is 1.17. The molecule has 10 rings (SSSR count). The number of hydrogen-bond donors (Lipinski definition) is 0. The van der Waals surface area contributed by atoms with Gasteiger partial charge in [0.1, 0.15) is 0 Å². The van der Waals surface area contributed by atoms with Crippen LogP contribution in [0, 0.1) is 0 Å². The molecule has 0 unspecified atom stereocenters. The van der Waals surface area contributed by atoms with Gasteiger partial charge in [0.15, 0.2) is 0 Å². The SMILES string of the molecule is c1ccc(-c2ccccc2-n2c3ccccc3c3c(-c4ccccc4N(c4ccccc4)c4ccc(-c5cccc6ccccc56)cc4)cccc32)cc1. The second-order valence-electron chi connectivity index (χ2n) is 13.7. The Morgan fingerprint density at radius 3 is 1.69 bits per heavy atom. The number of fused-ring (bicyclic) bond motifs is 4. The van der Waals surface area contributed by atoms with E-state index < -0.39 is 0 Å². The predicted molar refractivity (Wildman–Crippen MR) is 229 cm³/mol. The van der Waals surface area contributed by atoms with Crippen molar-refractivity contribution in [3.8, 4) is 39.1 Å². The van der Waals surface area contributed by atoms with E-state index in [2.05, 4.69) is 228 Å². The summed E-state index contributed by atoms with van der Waals surface area (Å²) in [7, 11) is 0. The molecule has 2 nitrogen and oxygen atoms in total. The summed E-state index contributed by atoms with van der Waals surface area (Å²) in [5.74, 6) is 0. The van der Waals surface area contributed by atoms with E-state index in [1.807, 2.05) is 0 Å². The Kier molecular flexibility index (Phi) is 7.85. The highest BCUT2D eigenvalue weighted by molar-refractivity contribution is 6.17. The van der Waals surface area contributed by atoms with Gasteiger partial charge in [0.25, 0.3) is 0 Å². The smallest absolute Gasteiger partial charge is 0.0547 e. The van der Waals surface area contributed by atoms with Gasteiger partial charge in [-0.1, -0.05) is 170 Å². The third-order valence-electron chi connectivity index (χ3n) is 10.6. The fourth-order valence-corrected chi connectivity index (χ4v) is 8.20. The molecule has 0 saturated heterocycles. The van der Waals surface area contributed by atoms with Crippen LogP contribution in [0.3, 0.4) is 0 Å². The number of hydrogen-bond acceptors (Lipinski definition) is 1. The zero-order valence-electron chi connectivity index (χ0n) is 29.7. The van der Waals surface area contributed by atoms with Crippen molar-refractivity contribution in [2.24, 2.45) is 0 Å². The molecule has 0 N–H and O–H groups in total. The van der Waals surface area contributed by atoms with E-state index in [0.29, 0.717) is 0 Å². The highest BCUT2D eigenvalue weighted by Gasteiger charge is 2.22. The van der Waals surface area contributed by atoms with Crippen molar-refractivity contribution in [1.82, 2.24) is 4.57 Å². The summed E-state index contributed by atoms with van der Waals surface area (Å²) in [6, 6.07) is 78.8. The minimum Gasteiger partial charge on any atom is -0.310 e. The van der Waals surface area contributed by atoms with E-state index in [4.69, 9.17) is 0 Å². The molecule has 0 spiro atoms. The van der Waals surface area contributed by atoms with Crippen molar-refractivity contribution < 1.29 is 0 Å². The van der Waals surface area contributed by atoms with Crippen LogP contribution < -0.4 is 4.90 Å². The quantitative estimate of drug-likeness (QED) is 0.162. The molecule has 0 radical (unpaired) electrons. The van der Waals surface area contributed by atoms with Crippen LogP contribution in [0.15, 0.2) is 218 Å². The molecule has 0 aliphatic rings. The van der Waals surface area contributed by atoms with Gasteiger partial charge in [0.2, 0.25) is 0 Å². The Hall–Kier alpha value is -7.16. The predicted octanol–water partition coefficient (Wildman–Crippen LogP) is 14.4. The largest absolute Gasteiger partial charge is 0.310 e. The molecule has 0 atom stereocenters. The van der Waals surface area contributed by atoms with E-state index in [0.717, 1.165) is 22.7 Å². The number of benzene rings is 9. The lowest BCUT2D eigenvalue weighted by atomic mass is 9.96. The van der Waals surface area contributed by atoms with Crippen LogP contribution in [-0.4, -0.2) is 4.57 Å². The minimum atomic E-state index is 1.10. The lowest BCUT2D eigenvalue weighted by Crippen LogP contribution is -2.11. The van der Waals surface area contributed by atoms with Crippen LogP contribution in [0.25, 0.3) is 71.6 Å². The van der Waals surface area contributed by atoms with Gasteiger partial charge >= 0.3 is 0 Å². The molecule has 0 aliphatic heterocycles. The van der Waals surface area contributed by atoms with E-state index in [1.165, 1.54) is 66.0 Å². The molecule has 0 fully saturated rings. The van der Waals surface area contributed by atoms with Crippen molar-refractivity contribution in [2.45, 2.75) is 0 Å². The molecule has 1 heterocycles. The number of rotatable bonds is 7. The third-order valence-corrected chi connectivity index (χ3v) is 10.6. The number of para-hydroxylation sites is 4. The van der Waals surface area contributed by atoms with Crippen LogP contribution in [0.4, 0.5) is 17.1 Å². The Labute approximate surface area is 315 Å². The minimum absolute atomic E-state index is 1.10. The zero-order chi connectivity index (χ0) is 35.8. The van der Waals surface area contributed by atoms with Gasteiger partial charge in [-0.15, -0.1) is 0 Å². The fraction of sp³-hybridized carbons (Fsp3) is 0. The third kappa shape index (κ3) is 5.36. The summed E-state index contributed by atoms with van der Waals surface area (Å²) in [6.45, 7) is 0. The molecule has 54 heavy (non-hydrogen) atoms. The summed E-state index contributed by atoms with van der Waals surface area (Å²) in [5.41, 5.74) is 14.1. The molecule has 0 aliphatic carbocycles. The van der Waals surface area contributed by atoms with E-state index >= 15 is 0 Å². The van der Waals surface area contributed by atoms with Crippen molar-refractivity contribution in [2.75, 3.05) is 4.90 Å². The van der Waals surface area contributed by atoms with Crippen molar-refractivity contribution >= 4 is 49.6 Å². The van der Waals surface area contributed by atoms with Gasteiger partial charge in [-0.3, -0.25) is 0 Å². The highest BCUT2D eigenvalue weighted by atomic mass is 15.1. The maximum Gasteiger partial charge on any atom is 0.0547 e. The Bertz CT molecular complexity index is 2920. The normalized spacial score (nSPS) is 11.3. The van der Waals surface area contributed by atoms with Crippen molar-refractivity contribution in [1.29, 1.82) is 0 Å². The Morgan fingerprint density at radius 2 is 0.852 bits per heavy atom. The second kappa shape index (κ2) is 13.4. The number of nitrogens with zero attached hydrogens (tertiary/aromatic N) is 2. The number of anilines is 3. The lowest BCUT2D eigenvalue weighted by molar-refractivity contribution is 1.18. The van der Waals surface area contributed by atoms with E-state index in [1.54, 1.807) is 0 Å². The van der Waals surface area contributed by atoms with Gasteiger partial charge in [-0.25, -0.2) is 0 Å². The van der Waals surface area contributed by atoms with Crippen LogP contribution in [0.1, 0.15) is 0 Å². The molecular weight excluding hydrogens is 653 g/mol. The molecule has 10 aromatic rings. The lowest BCUT2D eigenvalue weighted by Gasteiger charge is -2.28. The average molecular weight is 689 g/mol. The summed E-state index contributed by atoms with van der Waals surface area (Å²) < 4.78 is 2.44. The Morgan fingerprint density at radius 1 is 0.315 bits per heavy atom. The summed E-state index contributed by atoms with van der Waals surface area (Å²) in [6.07, 6.45) is 0. The molecule has 0 amide bonds. The van der Waals surface area contributed by atoms with Gasteiger partial charge in [-0.05, 0) is 81.6 Å². The maximum absolute atomic E-state index is 2.44. The molecule has 1 aromatic heterocycles. The first kappa shape index (κ1) is 31.6. The first-order chi connectivity index (χ1) is 26.8. The monoisotopic (exact) mass is 688 g/mol. The zero-order valence-corrected chi connectivity index (χ0v) is 29.7. The molecule has 0 saturated carbocycles. The number of aromatic nitrogens is 1. The maximum atomic E-state index is 2.44. The first-order valence-corrected chi connectivity index (χ1v) is 18.5. The second-order valence-corrected chi connectivity index (χ2v) is 13.7. The van der Waals surface area contributed by atoms with Crippen LogP contribution >= 0.6 is 0 Å². The molecule has 2 heteroatoms. The summed E-state index contributed by atoms with van der Waals surface area (Å²) in [4.78, 5) is 2.39. The standard InChI is InChI=1S/C52H36N2/c1-3-17-38(18-4-1)44-24-9-12-29-48(44)54-50-31-14-11-26-47(50)52-46(28-16-32-51(52)54)45-25-10-13-30-49(45)53(40-21-5-2-6-22-40)41-35-33-39(34-36-41)43-27-15-20-37-19-7-8-23-42(37)43/h1-36H. The van der Waals surface area contributed by atoms with Crippen molar-refractivity contribution in [3.05, 3.63) is 218 Å². The first-order valence-electron chi connectivity index (χ1n) is 18.5. The van der Waals surface area contributed by atoms with E-state index in [-0.39, 0.29) is 0 Å². The van der Waals surface area contributed by atoms with Crippen LogP contribution in [0.5, 0.6) is 0 Å². The molecule has 254 valence electrons. The fourth-order valence-electron chi connectivity index (χ4n) is 8.20. The van der Waals surface area contributed by atoms with E-state index in [9.17, 15) is 0 Å². The summed E-state index contributed by atoms with van der Waals surface area (Å²) in [5, 5.41) is 4.98. The van der Waals surface area contributed by atoms with Crippen LogP contribution in [-0.2, 0) is 0 Å². The van der Waals surface area contributed by atoms with Gasteiger partial charge in [0, 0.05) is 33.3 Å². The van der Waals surface area contributed by atoms with Crippen LogP contribution in [0.2, 0.25) is 0 Å². The molecule has 9 aromatic carbocycles. The summed E-state index contributed by atoms with van der Waals surface area (Å²) >= 11 is 0. The highest BCUT2D eigenvalue weighted by Crippen LogP contribution is 2.46. The van der Waals surface area contributed by atoms with Crippen molar-refractivity contribution in [3.63, 3.8) is 0 Å². The van der Waals surface area contributed by atoms with Gasteiger partial charge in [-0.2, -0.15) is 0 Å². The molecule has 0 bridgehead atoms. The van der Waals surface area contributed by atoms with Gasteiger partial charge in [0.05, 0.1) is 22.4 Å².